The number of rotatable bonds is 3. The highest BCUT2D eigenvalue weighted by Crippen LogP contribution is 2.54. The molecule has 0 spiro atoms. The average molecular weight is 273 g/mol. The molecule has 4 bridgehead atoms. The Morgan fingerprint density at radius 1 is 1.00 bits per heavy atom. The zero-order valence-electron chi connectivity index (χ0n) is 12.0. The SMILES string of the molecule is COc1ccc(OC2C3CC4CC(C3)CC2C4)c(N)c1. The zero-order chi connectivity index (χ0) is 13.7. The summed E-state index contributed by atoms with van der Waals surface area (Å²) in [5, 5.41) is 0. The molecule has 5 rings (SSSR count). The van der Waals surface area contributed by atoms with Crippen LogP contribution in [0.2, 0.25) is 0 Å². The maximum atomic E-state index is 6.34. The van der Waals surface area contributed by atoms with Crippen molar-refractivity contribution in [3.8, 4) is 11.5 Å². The molecule has 1 aromatic carbocycles. The summed E-state index contributed by atoms with van der Waals surface area (Å²) < 4.78 is 11.5. The van der Waals surface area contributed by atoms with Gasteiger partial charge in [0.25, 0.3) is 0 Å². The average Bonchev–Trinajstić information content (AvgIpc) is 2.43. The van der Waals surface area contributed by atoms with Gasteiger partial charge in [0.05, 0.1) is 12.8 Å². The van der Waals surface area contributed by atoms with E-state index in [4.69, 9.17) is 15.2 Å². The molecule has 0 amide bonds. The third-order valence-corrected chi connectivity index (χ3v) is 5.62. The van der Waals surface area contributed by atoms with E-state index in [-0.39, 0.29) is 0 Å². The second-order valence-electron chi connectivity index (χ2n) is 6.92. The quantitative estimate of drug-likeness (QED) is 0.857. The Morgan fingerprint density at radius 2 is 1.65 bits per heavy atom. The fourth-order valence-electron chi connectivity index (χ4n) is 4.98. The molecule has 4 aliphatic rings. The third kappa shape index (κ3) is 1.95. The molecule has 2 N–H and O–H groups in total. The molecule has 4 fully saturated rings. The minimum Gasteiger partial charge on any atom is -0.497 e. The van der Waals surface area contributed by atoms with E-state index in [9.17, 15) is 0 Å². The van der Waals surface area contributed by atoms with E-state index >= 15 is 0 Å². The first-order valence-corrected chi connectivity index (χ1v) is 7.83. The third-order valence-electron chi connectivity index (χ3n) is 5.62. The van der Waals surface area contributed by atoms with Crippen LogP contribution < -0.4 is 15.2 Å². The lowest BCUT2D eigenvalue weighted by Gasteiger charge is -2.53. The van der Waals surface area contributed by atoms with Gasteiger partial charge in [0.2, 0.25) is 0 Å². The predicted octanol–water partition coefficient (Wildman–Crippen LogP) is 3.48. The summed E-state index contributed by atoms with van der Waals surface area (Å²) in [6.45, 7) is 0. The highest BCUT2D eigenvalue weighted by molar-refractivity contribution is 5.56. The van der Waals surface area contributed by atoms with Gasteiger partial charge in [-0.2, -0.15) is 0 Å². The lowest BCUT2D eigenvalue weighted by Crippen LogP contribution is -2.50. The molecule has 0 aliphatic heterocycles. The molecule has 108 valence electrons. The summed E-state index contributed by atoms with van der Waals surface area (Å²) >= 11 is 0. The molecule has 4 aliphatic carbocycles. The van der Waals surface area contributed by atoms with Crippen LogP contribution in [0.4, 0.5) is 5.69 Å². The molecule has 20 heavy (non-hydrogen) atoms. The van der Waals surface area contributed by atoms with Gasteiger partial charge in [-0.25, -0.2) is 0 Å². The number of methoxy groups -OCH3 is 1. The molecule has 0 saturated heterocycles. The molecule has 0 radical (unpaired) electrons. The van der Waals surface area contributed by atoms with Gasteiger partial charge < -0.3 is 15.2 Å². The van der Waals surface area contributed by atoms with Gasteiger partial charge in [-0.05, 0) is 67.9 Å². The molecule has 0 unspecified atom stereocenters. The van der Waals surface area contributed by atoms with Crippen molar-refractivity contribution in [3.05, 3.63) is 18.2 Å². The molecule has 4 saturated carbocycles. The fraction of sp³-hybridized carbons (Fsp3) is 0.647. The van der Waals surface area contributed by atoms with Gasteiger partial charge >= 0.3 is 0 Å². The van der Waals surface area contributed by atoms with Gasteiger partial charge in [-0.3, -0.25) is 0 Å². The van der Waals surface area contributed by atoms with E-state index in [2.05, 4.69) is 0 Å². The van der Waals surface area contributed by atoms with Gasteiger partial charge in [-0.1, -0.05) is 0 Å². The minimum absolute atomic E-state index is 0.387. The van der Waals surface area contributed by atoms with Crippen molar-refractivity contribution in [3.63, 3.8) is 0 Å². The van der Waals surface area contributed by atoms with Crippen molar-refractivity contribution in [2.24, 2.45) is 23.7 Å². The Balaban J connectivity index is 1.54. The molecule has 0 aromatic heterocycles. The Morgan fingerprint density at radius 3 is 2.20 bits per heavy atom. The lowest BCUT2D eigenvalue weighted by atomic mass is 9.55. The monoisotopic (exact) mass is 273 g/mol. The first kappa shape index (κ1) is 12.4. The number of nitrogens with two attached hydrogens (primary N) is 1. The first-order chi connectivity index (χ1) is 9.72. The maximum Gasteiger partial charge on any atom is 0.142 e. The molecule has 3 nitrogen and oxygen atoms in total. The van der Waals surface area contributed by atoms with Crippen molar-refractivity contribution in [1.29, 1.82) is 0 Å². The Bertz CT molecular complexity index is 486. The number of ether oxygens (including phenoxy) is 2. The van der Waals surface area contributed by atoms with Gasteiger partial charge in [0.1, 0.15) is 17.6 Å². The van der Waals surface area contributed by atoms with Crippen LogP contribution in [0.25, 0.3) is 0 Å². The van der Waals surface area contributed by atoms with Gasteiger partial charge in [0.15, 0.2) is 0 Å². The summed E-state index contributed by atoms with van der Waals surface area (Å²) in [5.41, 5.74) is 6.79. The highest BCUT2D eigenvalue weighted by atomic mass is 16.5. The van der Waals surface area contributed by atoms with E-state index < -0.39 is 0 Å². The Kier molecular flexibility index (Phi) is 2.83. The molecule has 3 heteroatoms. The van der Waals surface area contributed by atoms with Crippen LogP contribution in [0.5, 0.6) is 11.5 Å². The smallest absolute Gasteiger partial charge is 0.142 e. The summed E-state index contributed by atoms with van der Waals surface area (Å²) in [6.07, 6.45) is 7.34. The van der Waals surface area contributed by atoms with Crippen LogP contribution in [0.1, 0.15) is 32.1 Å². The normalized spacial score (nSPS) is 38.0. The molecule has 0 heterocycles. The van der Waals surface area contributed by atoms with Crippen LogP contribution in [-0.4, -0.2) is 13.2 Å². The second-order valence-corrected chi connectivity index (χ2v) is 6.92. The standard InChI is InChI=1S/C17H23NO2/c1-19-14-2-3-16(15(18)9-14)20-17-12-5-10-4-11(7-12)8-13(17)6-10/h2-3,9-13,17H,4-8,18H2,1H3. The summed E-state index contributed by atoms with van der Waals surface area (Å²) in [5.74, 6) is 5.10. The Labute approximate surface area is 120 Å². The van der Waals surface area contributed by atoms with Crippen LogP contribution in [-0.2, 0) is 0 Å². The van der Waals surface area contributed by atoms with Crippen molar-refractivity contribution in [1.82, 2.24) is 0 Å². The van der Waals surface area contributed by atoms with Crippen molar-refractivity contribution >= 4 is 5.69 Å². The van der Waals surface area contributed by atoms with Gasteiger partial charge in [-0.15, -0.1) is 0 Å². The number of hydrogen-bond donors (Lipinski definition) is 1. The van der Waals surface area contributed by atoms with Crippen molar-refractivity contribution in [2.75, 3.05) is 12.8 Å². The predicted molar refractivity (Wildman–Crippen MR) is 78.9 cm³/mol. The lowest BCUT2D eigenvalue weighted by molar-refractivity contribution is -0.0787. The van der Waals surface area contributed by atoms with E-state index in [0.717, 1.165) is 35.2 Å². The fourth-order valence-corrected chi connectivity index (χ4v) is 4.98. The van der Waals surface area contributed by atoms with E-state index in [1.165, 1.54) is 32.1 Å². The van der Waals surface area contributed by atoms with Crippen molar-refractivity contribution in [2.45, 2.75) is 38.2 Å². The molecular weight excluding hydrogens is 250 g/mol. The summed E-state index contributed by atoms with van der Waals surface area (Å²) in [4.78, 5) is 0. The van der Waals surface area contributed by atoms with Crippen LogP contribution in [0.3, 0.4) is 0 Å². The number of anilines is 1. The number of benzene rings is 1. The summed E-state index contributed by atoms with van der Waals surface area (Å²) in [7, 11) is 1.66. The van der Waals surface area contributed by atoms with Crippen LogP contribution in [0, 0.1) is 23.7 Å². The molecule has 0 atom stereocenters. The number of hydrogen-bond acceptors (Lipinski definition) is 3. The van der Waals surface area contributed by atoms with Crippen molar-refractivity contribution < 1.29 is 9.47 Å². The summed E-state index contributed by atoms with van der Waals surface area (Å²) in [6, 6.07) is 5.74. The zero-order valence-corrected chi connectivity index (χ0v) is 12.0. The molecular formula is C17H23NO2. The minimum atomic E-state index is 0.387. The second kappa shape index (κ2) is 4.57. The number of nitrogen functional groups attached to an aromatic ring is 1. The van der Waals surface area contributed by atoms with Crippen LogP contribution >= 0.6 is 0 Å². The maximum absolute atomic E-state index is 6.34. The molecule has 1 aromatic rings. The largest absolute Gasteiger partial charge is 0.497 e. The topological polar surface area (TPSA) is 44.5 Å². The highest BCUT2D eigenvalue weighted by Gasteiger charge is 2.49. The van der Waals surface area contributed by atoms with E-state index in [1.54, 1.807) is 7.11 Å². The Hall–Kier alpha value is -1.38. The van der Waals surface area contributed by atoms with Gasteiger partial charge in [0, 0.05) is 6.07 Å². The van der Waals surface area contributed by atoms with E-state index in [0.29, 0.717) is 11.8 Å². The van der Waals surface area contributed by atoms with Crippen LogP contribution in [0.15, 0.2) is 18.2 Å². The van der Waals surface area contributed by atoms with E-state index in [1.807, 2.05) is 18.2 Å². The first-order valence-electron chi connectivity index (χ1n) is 7.83.